The van der Waals surface area contributed by atoms with Gasteiger partial charge in [0.25, 0.3) is 0 Å². The number of allylic oxidation sites excluding steroid dienone is 9. The van der Waals surface area contributed by atoms with Gasteiger partial charge in [-0.3, -0.25) is 0 Å². The predicted molar refractivity (Wildman–Crippen MR) is 68.7 cm³/mol. The van der Waals surface area contributed by atoms with Crippen molar-refractivity contribution in [2.45, 2.75) is 26.7 Å². The van der Waals surface area contributed by atoms with Crippen LogP contribution in [0.3, 0.4) is 0 Å². The van der Waals surface area contributed by atoms with Crippen LogP contribution >= 0.6 is 0 Å². The molecular weight excluding hydrogens is 180 g/mol. The summed E-state index contributed by atoms with van der Waals surface area (Å²) >= 11 is 0. The molecule has 1 unspecified atom stereocenters. The van der Waals surface area contributed by atoms with Gasteiger partial charge in [-0.05, 0) is 30.9 Å². The van der Waals surface area contributed by atoms with Crippen LogP contribution in [0.5, 0.6) is 0 Å². The van der Waals surface area contributed by atoms with E-state index in [9.17, 15) is 0 Å². The van der Waals surface area contributed by atoms with E-state index in [1.54, 1.807) is 0 Å². The summed E-state index contributed by atoms with van der Waals surface area (Å²) in [6.07, 6.45) is 17.4. The number of hydrogen-bond acceptors (Lipinski definition) is 0. The number of hydrogen-bond donors (Lipinski definition) is 0. The zero-order chi connectivity index (χ0) is 11.1. The van der Waals surface area contributed by atoms with Crippen molar-refractivity contribution in [2.24, 2.45) is 5.92 Å². The Bertz CT molecular complexity index is 324. The van der Waals surface area contributed by atoms with Gasteiger partial charge < -0.3 is 0 Å². The van der Waals surface area contributed by atoms with Crippen molar-refractivity contribution in [2.75, 3.05) is 0 Å². The third kappa shape index (κ3) is 3.39. The zero-order valence-electron chi connectivity index (χ0n) is 9.74. The highest BCUT2D eigenvalue weighted by molar-refractivity contribution is 5.37. The molecule has 0 heteroatoms. The second-order valence-corrected chi connectivity index (χ2v) is 3.81. The predicted octanol–water partition coefficient (Wildman–Crippen LogP) is 4.59. The van der Waals surface area contributed by atoms with Gasteiger partial charge in [0.1, 0.15) is 0 Å². The molecule has 0 saturated carbocycles. The molecule has 0 saturated heterocycles. The maximum atomic E-state index is 3.76. The molecule has 1 rings (SSSR count). The molecule has 1 atom stereocenters. The number of rotatable bonds is 4. The Labute approximate surface area is 93.4 Å². The Balaban J connectivity index is 2.84. The summed E-state index contributed by atoms with van der Waals surface area (Å²) in [7, 11) is 0. The molecule has 0 N–H and O–H groups in total. The molecule has 0 spiro atoms. The normalized spacial score (nSPS) is 19.1. The van der Waals surface area contributed by atoms with E-state index in [1.165, 1.54) is 24.0 Å². The summed E-state index contributed by atoms with van der Waals surface area (Å²) in [5.74, 6) is 0.468. The van der Waals surface area contributed by atoms with E-state index < -0.39 is 0 Å². The minimum absolute atomic E-state index is 0.468. The van der Waals surface area contributed by atoms with Crippen LogP contribution in [-0.4, -0.2) is 0 Å². The molecular formula is C15H20. The molecule has 0 aromatic heterocycles. The summed E-state index contributed by atoms with van der Waals surface area (Å²) in [6.45, 7) is 8.06. The lowest BCUT2D eigenvalue weighted by atomic mass is 9.89. The summed E-state index contributed by atoms with van der Waals surface area (Å²) in [6, 6.07) is 0. The van der Waals surface area contributed by atoms with E-state index in [1.807, 2.05) is 6.08 Å². The molecule has 0 aromatic carbocycles. The second kappa shape index (κ2) is 6.23. The Morgan fingerprint density at radius 1 is 1.47 bits per heavy atom. The second-order valence-electron chi connectivity index (χ2n) is 3.81. The van der Waals surface area contributed by atoms with Crippen LogP contribution in [0.15, 0.2) is 60.3 Å². The quantitative estimate of drug-likeness (QED) is 0.582. The molecule has 1 aliphatic rings. The first-order chi connectivity index (χ1) is 7.29. The first kappa shape index (κ1) is 11.8. The van der Waals surface area contributed by atoms with Crippen LogP contribution < -0.4 is 0 Å². The smallest absolute Gasteiger partial charge is 0.00576 e. The average molecular weight is 200 g/mol. The van der Waals surface area contributed by atoms with Crippen molar-refractivity contribution in [1.82, 2.24) is 0 Å². The van der Waals surface area contributed by atoms with Gasteiger partial charge in [0, 0.05) is 5.92 Å². The third-order valence-corrected chi connectivity index (χ3v) is 2.69. The van der Waals surface area contributed by atoms with Crippen LogP contribution in [0.4, 0.5) is 0 Å². The molecule has 0 aliphatic heterocycles. The average Bonchev–Trinajstić information content (AvgIpc) is 2.29. The van der Waals surface area contributed by atoms with Crippen molar-refractivity contribution in [1.29, 1.82) is 0 Å². The van der Waals surface area contributed by atoms with E-state index in [0.29, 0.717) is 5.92 Å². The topological polar surface area (TPSA) is 0 Å². The molecule has 0 bridgehead atoms. The van der Waals surface area contributed by atoms with Crippen molar-refractivity contribution in [3.63, 3.8) is 0 Å². The van der Waals surface area contributed by atoms with Crippen molar-refractivity contribution in [3.8, 4) is 0 Å². The molecule has 15 heavy (non-hydrogen) atoms. The van der Waals surface area contributed by atoms with Gasteiger partial charge in [0.05, 0.1) is 0 Å². The fraction of sp³-hybridized carbons (Fsp3) is 0.333. The van der Waals surface area contributed by atoms with Crippen LogP contribution in [0.2, 0.25) is 0 Å². The lowest BCUT2D eigenvalue weighted by Crippen LogP contribution is -2.02. The fourth-order valence-corrected chi connectivity index (χ4v) is 1.82. The fourth-order valence-electron chi connectivity index (χ4n) is 1.82. The van der Waals surface area contributed by atoms with E-state index in [2.05, 4.69) is 56.9 Å². The Morgan fingerprint density at radius 3 is 2.80 bits per heavy atom. The highest BCUT2D eigenvalue weighted by Crippen LogP contribution is 2.25. The molecule has 0 aromatic rings. The molecule has 0 heterocycles. The molecule has 0 fully saturated rings. The summed E-state index contributed by atoms with van der Waals surface area (Å²) in [5.41, 5.74) is 2.75. The Kier molecular flexibility index (Phi) is 4.89. The van der Waals surface area contributed by atoms with Gasteiger partial charge in [0.2, 0.25) is 0 Å². The summed E-state index contributed by atoms with van der Waals surface area (Å²) in [4.78, 5) is 0. The molecule has 0 nitrogen and oxygen atoms in total. The van der Waals surface area contributed by atoms with Crippen LogP contribution in [-0.2, 0) is 0 Å². The third-order valence-electron chi connectivity index (χ3n) is 2.69. The van der Waals surface area contributed by atoms with Gasteiger partial charge in [-0.1, -0.05) is 56.0 Å². The monoisotopic (exact) mass is 200 g/mol. The Morgan fingerprint density at radius 2 is 2.27 bits per heavy atom. The largest absolute Gasteiger partial charge is 0.0991 e. The molecule has 80 valence electrons. The van der Waals surface area contributed by atoms with Crippen LogP contribution in [0.25, 0.3) is 0 Å². The molecule has 0 radical (unpaired) electrons. The molecule has 1 aliphatic carbocycles. The first-order valence-corrected chi connectivity index (χ1v) is 5.61. The highest BCUT2D eigenvalue weighted by Gasteiger charge is 2.10. The van der Waals surface area contributed by atoms with Crippen molar-refractivity contribution in [3.05, 3.63) is 60.3 Å². The molecule has 0 amide bonds. The van der Waals surface area contributed by atoms with E-state index in [0.717, 1.165) is 0 Å². The lowest BCUT2D eigenvalue weighted by molar-refractivity contribution is 0.822. The SMILES string of the molecule is C=C/C=C(\C=C/C)C(C)C1=CCCC=C1. The van der Waals surface area contributed by atoms with Crippen molar-refractivity contribution < 1.29 is 0 Å². The summed E-state index contributed by atoms with van der Waals surface area (Å²) in [5, 5.41) is 0. The van der Waals surface area contributed by atoms with Gasteiger partial charge in [0.15, 0.2) is 0 Å². The van der Waals surface area contributed by atoms with Crippen LogP contribution in [0, 0.1) is 5.92 Å². The highest BCUT2D eigenvalue weighted by atomic mass is 14.1. The maximum Gasteiger partial charge on any atom is 0.00576 e. The minimum atomic E-state index is 0.468. The zero-order valence-corrected chi connectivity index (χ0v) is 9.74. The van der Waals surface area contributed by atoms with Crippen LogP contribution in [0.1, 0.15) is 26.7 Å². The first-order valence-electron chi connectivity index (χ1n) is 5.61. The minimum Gasteiger partial charge on any atom is -0.0991 e. The van der Waals surface area contributed by atoms with E-state index in [-0.39, 0.29) is 0 Å². The van der Waals surface area contributed by atoms with Crippen molar-refractivity contribution >= 4 is 0 Å². The maximum absolute atomic E-state index is 3.76. The standard InChI is InChI=1S/C15H20/c1-4-9-14(10-5-2)13(3)15-11-7-6-8-12-15/h4-5,7,9-13H,1,6,8H2,2-3H3/b10-5-,14-9+. The Hall–Kier alpha value is -1.30. The lowest BCUT2D eigenvalue weighted by Gasteiger charge is -2.16. The van der Waals surface area contributed by atoms with Gasteiger partial charge >= 0.3 is 0 Å². The van der Waals surface area contributed by atoms with E-state index >= 15 is 0 Å². The van der Waals surface area contributed by atoms with Gasteiger partial charge in [-0.2, -0.15) is 0 Å². The van der Waals surface area contributed by atoms with Gasteiger partial charge in [-0.25, -0.2) is 0 Å². The van der Waals surface area contributed by atoms with Gasteiger partial charge in [-0.15, -0.1) is 0 Å². The van der Waals surface area contributed by atoms with E-state index in [4.69, 9.17) is 0 Å². The summed E-state index contributed by atoms with van der Waals surface area (Å²) < 4.78 is 0.